The molecule has 0 amide bonds. The molecule has 1 aromatic rings. The Kier molecular flexibility index (Phi) is 3.16. The van der Waals surface area contributed by atoms with Crippen molar-refractivity contribution >= 4 is 28.3 Å². The molecular formula is C8H10INO2. The summed E-state index contributed by atoms with van der Waals surface area (Å²) in [5.41, 5.74) is 0.443. The molecule has 0 aromatic heterocycles. The van der Waals surface area contributed by atoms with E-state index in [-0.39, 0.29) is 5.75 Å². The van der Waals surface area contributed by atoms with Crippen LogP contribution >= 0.6 is 22.6 Å². The van der Waals surface area contributed by atoms with Crippen LogP contribution in [-0.4, -0.2) is 16.9 Å². The molecule has 0 aliphatic heterocycles. The zero-order valence-corrected chi connectivity index (χ0v) is 8.82. The third-order valence-electron chi connectivity index (χ3n) is 1.52. The van der Waals surface area contributed by atoms with Gasteiger partial charge in [0.25, 0.3) is 0 Å². The monoisotopic (exact) mass is 279 g/mol. The number of hydrogen-bond donors (Lipinski definition) is 2. The first-order chi connectivity index (χ1) is 5.65. The Labute approximate surface area is 84.7 Å². The molecule has 4 heteroatoms. The quantitative estimate of drug-likeness (QED) is 0.644. The Hall–Kier alpha value is -0.490. The summed E-state index contributed by atoms with van der Waals surface area (Å²) < 4.78 is 0.943. The summed E-state index contributed by atoms with van der Waals surface area (Å²) in [5, 5.41) is 19.7. The molecule has 2 N–H and O–H groups in total. The summed E-state index contributed by atoms with van der Waals surface area (Å²) in [6.07, 6.45) is 0. The summed E-state index contributed by atoms with van der Waals surface area (Å²) in [6.45, 7) is 2.26. The Balaban J connectivity index is 3.01. The third kappa shape index (κ3) is 2.01. The molecule has 0 radical (unpaired) electrons. The number of phenols is 1. The Morgan fingerprint density at radius 1 is 1.50 bits per heavy atom. The van der Waals surface area contributed by atoms with Gasteiger partial charge in [0.1, 0.15) is 11.4 Å². The standard InChI is InChI=1S/C8H10INO2/c1-2-10(12)7-4-3-6(9)5-8(7)11/h3-5,11-12H,2H2,1H3. The maximum atomic E-state index is 9.39. The van der Waals surface area contributed by atoms with Crippen LogP contribution < -0.4 is 5.06 Å². The SMILES string of the molecule is CCN(O)c1ccc(I)cc1O. The fourth-order valence-electron chi connectivity index (χ4n) is 0.885. The van der Waals surface area contributed by atoms with Gasteiger partial charge in [-0.25, -0.2) is 0 Å². The van der Waals surface area contributed by atoms with E-state index in [1.807, 2.05) is 6.07 Å². The first kappa shape index (κ1) is 9.60. The van der Waals surface area contributed by atoms with Gasteiger partial charge in [0.15, 0.2) is 0 Å². The largest absolute Gasteiger partial charge is 0.506 e. The Bertz CT molecular complexity index is 278. The average molecular weight is 279 g/mol. The van der Waals surface area contributed by atoms with E-state index < -0.39 is 0 Å². The second kappa shape index (κ2) is 3.95. The molecule has 3 nitrogen and oxygen atoms in total. The summed E-state index contributed by atoms with van der Waals surface area (Å²) >= 11 is 2.10. The lowest BCUT2D eigenvalue weighted by molar-refractivity contribution is 0.256. The number of rotatable bonds is 2. The van der Waals surface area contributed by atoms with Gasteiger partial charge in [0, 0.05) is 10.1 Å². The summed E-state index contributed by atoms with van der Waals surface area (Å²) in [4.78, 5) is 0. The van der Waals surface area contributed by atoms with Crippen molar-refractivity contribution in [2.24, 2.45) is 0 Å². The number of anilines is 1. The Morgan fingerprint density at radius 2 is 2.17 bits per heavy atom. The summed E-state index contributed by atoms with van der Waals surface area (Å²) in [7, 11) is 0. The van der Waals surface area contributed by atoms with Crippen LogP contribution in [-0.2, 0) is 0 Å². The lowest BCUT2D eigenvalue weighted by Crippen LogP contribution is -2.16. The topological polar surface area (TPSA) is 43.7 Å². The van der Waals surface area contributed by atoms with E-state index in [1.54, 1.807) is 19.1 Å². The van der Waals surface area contributed by atoms with E-state index in [1.165, 1.54) is 0 Å². The maximum absolute atomic E-state index is 9.39. The molecule has 0 spiro atoms. The van der Waals surface area contributed by atoms with Crippen LogP contribution in [0.1, 0.15) is 6.92 Å². The van der Waals surface area contributed by atoms with Crippen LogP contribution in [0.4, 0.5) is 5.69 Å². The van der Waals surface area contributed by atoms with E-state index in [0.717, 1.165) is 8.63 Å². The van der Waals surface area contributed by atoms with Gasteiger partial charge in [-0.2, -0.15) is 0 Å². The molecule has 66 valence electrons. The second-order valence-corrected chi connectivity index (χ2v) is 3.59. The molecule has 0 aliphatic rings. The highest BCUT2D eigenvalue weighted by Gasteiger charge is 2.05. The molecule has 12 heavy (non-hydrogen) atoms. The highest BCUT2D eigenvalue weighted by molar-refractivity contribution is 14.1. The second-order valence-electron chi connectivity index (χ2n) is 2.35. The molecule has 0 saturated heterocycles. The number of benzene rings is 1. The van der Waals surface area contributed by atoms with Crippen molar-refractivity contribution in [3.63, 3.8) is 0 Å². The van der Waals surface area contributed by atoms with Crippen molar-refractivity contribution in [3.05, 3.63) is 21.8 Å². The van der Waals surface area contributed by atoms with E-state index >= 15 is 0 Å². The molecule has 0 fully saturated rings. The average Bonchev–Trinajstić information content (AvgIpc) is 2.03. The summed E-state index contributed by atoms with van der Waals surface area (Å²) in [6, 6.07) is 5.11. The van der Waals surface area contributed by atoms with Gasteiger partial charge in [-0.05, 0) is 47.7 Å². The van der Waals surface area contributed by atoms with Gasteiger partial charge < -0.3 is 5.11 Å². The van der Waals surface area contributed by atoms with E-state index in [2.05, 4.69) is 22.6 Å². The number of nitrogens with zero attached hydrogens (tertiary/aromatic N) is 1. The number of halogens is 1. The molecule has 0 bridgehead atoms. The van der Waals surface area contributed by atoms with Crippen LogP contribution in [0.3, 0.4) is 0 Å². The van der Waals surface area contributed by atoms with Gasteiger partial charge in [0.2, 0.25) is 0 Å². The van der Waals surface area contributed by atoms with Crippen LogP contribution in [0, 0.1) is 3.57 Å². The molecule has 0 saturated carbocycles. The summed E-state index contributed by atoms with van der Waals surface area (Å²) in [5.74, 6) is 0.103. The zero-order valence-electron chi connectivity index (χ0n) is 6.66. The number of aromatic hydroxyl groups is 1. The first-order valence-electron chi connectivity index (χ1n) is 3.60. The van der Waals surface area contributed by atoms with E-state index in [9.17, 15) is 10.3 Å². The van der Waals surface area contributed by atoms with Crippen molar-refractivity contribution in [1.29, 1.82) is 0 Å². The van der Waals surface area contributed by atoms with Gasteiger partial charge >= 0.3 is 0 Å². The fraction of sp³-hybridized carbons (Fsp3) is 0.250. The lowest BCUT2D eigenvalue weighted by Gasteiger charge is -2.15. The highest BCUT2D eigenvalue weighted by atomic mass is 127. The molecule has 0 unspecified atom stereocenters. The number of hydroxylamine groups is 1. The predicted molar refractivity (Wildman–Crippen MR) is 55.6 cm³/mol. The first-order valence-corrected chi connectivity index (χ1v) is 4.68. The van der Waals surface area contributed by atoms with Crippen LogP contribution in [0.15, 0.2) is 18.2 Å². The minimum Gasteiger partial charge on any atom is -0.506 e. The smallest absolute Gasteiger partial charge is 0.142 e. The van der Waals surface area contributed by atoms with Gasteiger partial charge in [-0.1, -0.05) is 0 Å². The normalized spacial score (nSPS) is 9.92. The van der Waals surface area contributed by atoms with Crippen molar-refractivity contribution in [2.45, 2.75) is 6.92 Å². The molecular weight excluding hydrogens is 269 g/mol. The minimum absolute atomic E-state index is 0.103. The molecule has 1 aromatic carbocycles. The fourth-order valence-corrected chi connectivity index (χ4v) is 1.36. The van der Waals surface area contributed by atoms with Crippen LogP contribution in [0.2, 0.25) is 0 Å². The van der Waals surface area contributed by atoms with E-state index in [4.69, 9.17) is 0 Å². The lowest BCUT2D eigenvalue weighted by atomic mass is 10.3. The van der Waals surface area contributed by atoms with Crippen molar-refractivity contribution in [2.75, 3.05) is 11.6 Å². The van der Waals surface area contributed by atoms with Crippen molar-refractivity contribution in [1.82, 2.24) is 0 Å². The van der Waals surface area contributed by atoms with Gasteiger partial charge in [-0.3, -0.25) is 10.3 Å². The molecule has 0 atom stereocenters. The highest BCUT2D eigenvalue weighted by Crippen LogP contribution is 2.27. The Morgan fingerprint density at radius 3 is 2.67 bits per heavy atom. The van der Waals surface area contributed by atoms with Crippen molar-refractivity contribution in [3.8, 4) is 5.75 Å². The zero-order chi connectivity index (χ0) is 9.14. The van der Waals surface area contributed by atoms with Crippen LogP contribution in [0.25, 0.3) is 0 Å². The molecule has 1 rings (SSSR count). The molecule has 0 heterocycles. The van der Waals surface area contributed by atoms with Gasteiger partial charge in [0.05, 0.1) is 0 Å². The van der Waals surface area contributed by atoms with Crippen LogP contribution in [0.5, 0.6) is 5.75 Å². The van der Waals surface area contributed by atoms with E-state index in [0.29, 0.717) is 12.2 Å². The van der Waals surface area contributed by atoms with Gasteiger partial charge in [-0.15, -0.1) is 0 Å². The maximum Gasteiger partial charge on any atom is 0.142 e. The number of hydrogen-bond acceptors (Lipinski definition) is 3. The molecule has 0 aliphatic carbocycles. The number of phenolic OH excluding ortho intramolecular Hbond substituents is 1. The minimum atomic E-state index is 0.103. The third-order valence-corrected chi connectivity index (χ3v) is 2.19. The van der Waals surface area contributed by atoms with Crippen molar-refractivity contribution < 1.29 is 10.3 Å². The predicted octanol–water partition coefficient (Wildman–Crippen LogP) is 2.21.